The first kappa shape index (κ1) is 12.8. The van der Waals surface area contributed by atoms with E-state index in [1.165, 1.54) is 0 Å². The van der Waals surface area contributed by atoms with E-state index in [0.29, 0.717) is 12.0 Å². The van der Waals surface area contributed by atoms with Gasteiger partial charge in [0.25, 0.3) is 0 Å². The van der Waals surface area contributed by atoms with Gasteiger partial charge in [-0.15, -0.1) is 0 Å². The van der Waals surface area contributed by atoms with Crippen LogP contribution in [0.5, 0.6) is 0 Å². The monoisotopic (exact) mass is 248 g/mol. The van der Waals surface area contributed by atoms with Crippen LogP contribution in [0.25, 0.3) is 0 Å². The van der Waals surface area contributed by atoms with Crippen LogP contribution in [0.2, 0.25) is 0 Å². The highest BCUT2D eigenvalue weighted by Crippen LogP contribution is 2.04. The first-order valence-electron chi connectivity index (χ1n) is 6.30. The van der Waals surface area contributed by atoms with E-state index >= 15 is 0 Å². The standard InChI is InChI=1S/C12H20N6/c1-10(2)11(8-18-7-3-5-16-18)13-6-4-12-14-9-15-17-12/h3,5,7,9-11,13H,4,6,8H2,1-2H3,(H,14,15,17). The van der Waals surface area contributed by atoms with Gasteiger partial charge < -0.3 is 5.32 Å². The third-order valence-corrected chi connectivity index (χ3v) is 2.98. The van der Waals surface area contributed by atoms with E-state index in [1.54, 1.807) is 6.33 Å². The maximum absolute atomic E-state index is 4.24. The molecule has 6 nitrogen and oxygen atoms in total. The van der Waals surface area contributed by atoms with Crippen molar-refractivity contribution in [1.82, 2.24) is 30.3 Å². The fraction of sp³-hybridized carbons (Fsp3) is 0.583. The average molecular weight is 248 g/mol. The molecule has 0 radical (unpaired) electrons. The molecule has 0 bridgehead atoms. The van der Waals surface area contributed by atoms with Gasteiger partial charge in [0.15, 0.2) is 0 Å². The smallest absolute Gasteiger partial charge is 0.137 e. The van der Waals surface area contributed by atoms with E-state index in [0.717, 1.165) is 25.3 Å². The van der Waals surface area contributed by atoms with Crippen molar-refractivity contribution >= 4 is 0 Å². The Bertz CT molecular complexity index is 419. The predicted octanol–water partition coefficient (Wildman–Crippen LogP) is 0.858. The summed E-state index contributed by atoms with van der Waals surface area (Å²) in [5.74, 6) is 1.48. The minimum atomic E-state index is 0.410. The van der Waals surface area contributed by atoms with Crippen LogP contribution < -0.4 is 5.32 Å². The van der Waals surface area contributed by atoms with Crippen molar-refractivity contribution in [3.05, 3.63) is 30.6 Å². The summed E-state index contributed by atoms with van der Waals surface area (Å²) in [6.07, 6.45) is 6.21. The molecular weight excluding hydrogens is 228 g/mol. The van der Waals surface area contributed by atoms with Crippen molar-refractivity contribution in [1.29, 1.82) is 0 Å². The molecular formula is C12H20N6. The molecule has 2 heterocycles. The van der Waals surface area contributed by atoms with Crippen LogP contribution >= 0.6 is 0 Å². The quantitative estimate of drug-likeness (QED) is 0.762. The molecule has 1 atom stereocenters. The van der Waals surface area contributed by atoms with E-state index in [9.17, 15) is 0 Å². The minimum absolute atomic E-state index is 0.410. The van der Waals surface area contributed by atoms with Crippen LogP contribution in [-0.2, 0) is 13.0 Å². The second kappa shape index (κ2) is 6.30. The molecule has 1 unspecified atom stereocenters. The summed E-state index contributed by atoms with van der Waals surface area (Å²) in [6, 6.07) is 2.36. The number of H-pyrrole nitrogens is 1. The zero-order valence-electron chi connectivity index (χ0n) is 10.9. The number of aromatic amines is 1. The van der Waals surface area contributed by atoms with Crippen LogP contribution in [0.4, 0.5) is 0 Å². The molecule has 2 rings (SSSR count). The van der Waals surface area contributed by atoms with Crippen molar-refractivity contribution < 1.29 is 0 Å². The van der Waals surface area contributed by atoms with E-state index < -0.39 is 0 Å². The van der Waals surface area contributed by atoms with Gasteiger partial charge in [-0.2, -0.15) is 10.2 Å². The number of aromatic nitrogens is 5. The lowest BCUT2D eigenvalue weighted by Gasteiger charge is -2.22. The highest BCUT2D eigenvalue weighted by atomic mass is 15.3. The third-order valence-electron chi connectivity index (χ3n) is 2.98. The van der Waals surface area contributed by atoms with Crippen molar-refractivity contribution in [2.45, 2.75) is 32.9 Å². The molecule has 2 aromatic heterocycles. The lowest BCUT2D eigenvalue weighted by atomic mass is 10.0. The molecule has 0 aromatic carbocycles. The molecule has 0 saturated heterocycles. The molecule has 98 valence electrons. The summed E-state index contributed by atoms with van der Waals surface area (Å²) in [5.41, 5.74) is 0. The van der Waals surface area contributed by atoms with Crippen molar-refractivity contribution in [3.63, 3.8) is 0 Å². The molecule has 0 fully saturated rings. The maximum Gasteiger partial charge on any atom is 0.137 e. The molecule has 0 amide bonds. The van der Waals surface area contributed by atoms with E-state index in [1.807, 2.05) is 23.1 Å². The maximum atomic E-state index is 4.24. The Kier molecular flexibility index (Phi) is 4.46. The Labute approximate surface area is 107 Å². The normalized spacial score (nSPS) is 13.1. The molecule has 2 aromatic rings. The van der Waals surface area contributed by atoms with Gasteiger partial charge in [-0.05, 0) is 12.0 Å². The van der Waals surface area contributed by atoms with Crippen LogP contribution in [0.3, 0.4) is 0 Å². The predicted molar refractivity (Wildman–Crippen MR) is 68.9 cm³/mol. The molecule has 0 aliphatic rings. The number of rotatable bonds is 7. The molecule has 2 N–H and O–H groups in total. The largest absolute Gasteiger partial charge is 0.311 e. The molecule has 0 saturated carbocycles. The molecule has 0 aliphatic carbocycles. The van der Waals surface area contributed by atoms with Crippen LogP contribution in [0.1, 0.15) is 19.7 Å². The van der Waals surface area contributed by atoms with Gasteiger partial charge >= 0.3 is 0 Å². The van der Waals surface area contributed by atoms with Gasteiger partial charge in [-0.25, -0.2) is 4.98 Å². The topological polar surface area (TPSA) is 71.4 Å². The zero-order valence-corrected chi connectivity index (χ0v) is 10.9. The Morgan fingerprint density at radius 3 is 2.94 bits per heavy atom. The summed E-state index contributed by atoms with van der Waals surface area (Å²) < 4.78 is 1.96. The van der Waals surface area contributed by atoms with Gasteiger partial charge in [0, 0.05) is 31.4 Å². The van der Waals surface area contributed by atoms with E-state index in [-0.39, 0.29) is 0 Å². The number of nitrogens with zero attached hydrogens (tertiary/aromatic N) is 4. The Morgan fingerprint density at radius 2 is 2.33 bits per heavy atom. The first-order valence-corrected chi connectivity index (χ1v) is 6.30. The highest BCUT2D eigenvalue weighted by Gasteiger charge is 2.13. The van der Waals surface area contributed by atoms with Crippen molar-refractivity contribution in [3.8, 4) is 0 Å². The summed E-state index contributed by atoms with van der Waals surface area (Å²) in [7, 11) is 0. The summed E-state index contributed by atoms with van der Waals surface area (Å²) in [6.45, 7) is 6.21. The Hall–Kier alpha value is -1.69. The van der Waals surface area contributed by atoms with Gasteiger partial charge in [0.2, 0.25) is 0 Å². The first-order chi connectivity index (χ1) is 8.75. The second-order valence-corrected chi connectivity index (χ2v) is 4.71. The fourth-order valence-electron chi connectivity index (χ4n) is 1.85. The number of hydrogen-bond donors (Lipinski definition) is 2. The van der Waals surface area contributed by atoms with Crippen LogP contribution in [-0.4, -0.2) is 37.5 Å². The van der Waals surface area contributed by atoms with Gasteiger partial charge in [-0.3, -0.25) is 9.78 Å². The number of hydrogen-bond acceptors (Lipinski definition) is 4. The molecule has 6 heteroatoms. The summed E-state index contributed by atoms with van der Waals surface area (Å²) >= 11 is 0. The van der Waals surface area contributed by atoms with E-state index in [2.05, 4.69) is 39.4 Å². The minimum Gasteiger partial charge on any atom is -0.311 e. The Morgan fingerprint density at radius 1 is 1.44 bits per heavy atom. The van der Waals surface area contributed by atoms with Gasteiger partial charge in [0.05, 0.1) is 6.54 Å². The SMILES string of the molecule is CC(C)C(Cn1cccn1)NCCc1ncn[nH]1. The molecule has 0 aliphatic heterocycles. The van der Waals surface area contributed by atoms with Crippen LogP contribution in [0, 0.1) is 5.92 Å². The van der Waals surface area contributed by atoms with Crippen molar-refractivity contribution in [2.75, 3.05) is 6.54 Å². The Balaban J connectivity index is 1.79. The van der Waals surface area contributed by atoms with Gasteiger partial charge in [-0.1, -0.05) is 13.8 Å². The summed E-state index contributed by atoms with van der Waals surface area (Å²) in [5, 5.41) is 14.5. The number of nitrogens with one attached hydrogen (secondary N) is 2. The van der Waals surface area contributed by atoms with Crippen LogP contribution in [0.15, 0.2) is 24.8 Å². The third kappa shape index (κ3) is 3.66. The highest BCUT2D eigenvalue weighted by molar-refractivity contribution is 4.83. The second-order valence-electron chi connectivity index (χ2n) is 4.71. The van der Waals surface area contributed by atoms with E-state index in [4.69, 9.17) is 0 Å². The van der Waals surface area contributed by atoms with Crippen molar-refractivity contribution in [2.24, 2.45) is 5.92 Å². The molecule has 18 heavy (non-hydrogen) atoms. The summed E-state index contributed by atoms with van der Waals surface area (Å²) in [4.78, 5) is 4.11. The molecule has 0 spiro atoms. The van der Waals surface area contributed by atoms with Gasteiger partial charge in [0.1, 0.15) is 12.2 Å². The zero-order chi connectivity index (χ0) is 12.8. The lowest BCUT2D eigenvalue weighted by Crippen LogP contribution is -2.39. The average Bonchev–Trinajstić information content (AvgIpc) is 2.99. The lowest BCUT2D eigenvalue weighted by molar-refractivity contribution is 0.343. The fourth-order valence-corrected chi connectivity index (χ4v) is 1.85.